The van der Waals surface area contributed by atoms with Crippen molar-refractivity contribution >= 4 is 29.9 Å². The third kappa shape index (κ3) is 3.87. The van der Waals surface area contributed by atoms with Crippen molar-refractivity contribution in [3.8, 4) is 0 Å². The zero-order valence-corrected chi connectivity index (χ0v) is 12.0. The van der Waals surface area contributed by atoms with Crippen LogP contribution in [0.15, 0.2) is 24.3 Å². The topological polar surface area (TPSA) is 98.2 Å². The highest BCUT2D eigenvalue weighted by molar-refractivity contribution is 5.95. The molecule has 0 heterocycles. The number of amides is 2. The van der Waals surface area contributed by atoms with Crippen LogP contribution < -0.4 is 16.8 Å². The zero-order valence-electron chi connectivity index (χ0n) is 11.2. The standard InChI is InChI=1S/C14H19N3O2.ClH/c15-10-5-3-4-9(8-10)14(19)17-12-7-2-1-6-11(12)13(16)18;/h3-5,8,11-12H,1-2,6-7,15H2,(H2,16,18)(H,17,19);1H. The van der Waals surface area contributed by atoms with Gasteiger partial charge in [-0.1, -0.05) is 18.9 Å². The van der Waals surface area contributed by atoms with Gasteiger partial charge < -0.3 is 16.8 Å². The van der Waals surface area contributed by atoms with E-state index < -0.39 is 0 Å². The van der Waals surface area contributed by atoms with Crippen LogP contribution in [0.25, 0.3) is 0 Å². The molecule has 0 saturated heterocycles. The number of hydrogen-bond donors (Lipinski definition) is 3. The largest absolute Gasteiger partial charge is 0.399 e. The maximum atomic E-state index is 12.1. The van der Waals surface area contributed by atoms with Crippen molar-refractivity contribution < 1.29 is 9.59 Å². The first kappa shape index (κ1) is 16.3. The fourth-order valence-electron chi connectivity index (χ4n) is 2.58. The Bertz CT molecular complexity index is 493. The number of nitrogens with two attached hydrogens (primary N) is 2. The summed E-state index contributed by atoms with van der Waals surface area (Å²) in [4.78, 5) is 23.5. The molecule has 0 aliphatic heterocycles. The van der Waals surface area contributed by atoms with Crippen LogP contribution in [-0.2, 0) is 4.79 Å². The average molecular weight is 298 g/mol. The van der Waals surface area contributed by atoms with Gasteiger partial charge in [0.1, 0.15) is 0 Å². The minimum atomic E-state index is -0.336. The summed E-state index contributed by atoms with van der Waals surface area (Å²) >= 11 is 0. The fourth-order valence-corrected chi connectivity index (χ4v) is 2.58. The number of nitrogens with one attached hydrogen (secondary N) is 1. The number of carbonyl (C=O) groups excluding carboxylic acids is 2. The second-order valence-corrected chi connectivity index (χ2v) is 5.00. The van der Waals surface area contributed by atoms with E-state index in [1.807, 2.05) is 0 Å². The number of rotatable bonds is 3. The highest BCUT2D eigenvalue weighted by Gasteiger charge is 2.30. The molecule has 1 aromatic rings. The Balaban J connectivity index is 0.00000200. The normalized spacial score (nSPS) is 21.6. The van der Waals surface area contributed by atoms with Gasteiger partial charge in [-0.25, -0.2) is 0 Å². The van der Waals surface area contributed by atoms with E-state index in [4.69, 9.17) is 11.5 Å². The van der Waals surface area contributed by atoms with Crippen LogP contribution in [0.2, 0.25) is 0 Å². The predicted octanol–water partition coefficient (Wildman–Crippen LogP) is 1.46. The summed E-state index contributed by atoms with van der Waals surface area (Å²) in [5.41, 5.74) is 12.1. The van der Waals surface area contributed by atoms with Crippen LogP contribution in [0.1, 0.15) is 36.0 Å². The molecule has 1 saturated carbocycles. The molecule has 5 N–H and O–H groups in total. The van der Waals surface area contributed by atoms with Crippen molar-refractivity contribution in [1.29, 1.82) is 0 Å². The average Bonchev–Trinajstić information content (AvgIpc) is 2.39. The Morgan fingerprint density at radius 3 is 2.55 bits per heavy atom. The van der Waals surface area contributed by atoms with E-state index in [-0.39, 0.29) is 36.2 Å². The van der Waals surface area contributed by atoms with Gasteiger partial charge in [-0.05, 0) is 31.0 Å². The number of benzene rings is 1. The molecule has 0 radical (unpaired) electrons. The number of carbonyl (C=O) groups is 2. The molecule has 0 aromatic heterocycles. The van der Waals surface area contributed by atoms with Crippen molar-refractivity contribution in [2.45, 2.75) is 31.7 Å². The summed E-state index contributed by atoms with van der Waals surface area (Å²) in [6.07, 6.45) is 3.53. The lowest BCUT2D eigenvalue weighted by molar-refractivity contribution is -0.123. The summed E-state index contributed by atoms with van der Waals surface area (Å²) in [6, 6.07) is 6.62. The smallest absolute Gasteiger partial charge is 0.251 e. The van der Waals surface area contributed by atoms with Gasteiger partial charge in [-0.15, -0.1) is 12.4 Å². The molecule has 2 amide bonds. The van der Waals surface area contributed by atoms with E-state index in [0.29, 0.717) is 11.3 Å². The van der Waals surface area contributed by atoms with Gasteiger partial charge in [0.2, 0.25) is 5.91 Å². The summed E-state index contributed by atoms with van der Waals surface area (Å²) in [5.74, 6) is -0.804. The second kappa shape index (κ2) is 7.14. The number of halogens is 1. The van der Waals surface area contributed by atoms with E-state index in [0.717, 1.165) is 25.7 Å². The molecular weight excluding hydrogens is 278 g/mol. The highest BCUT2D eigenvalue weighted by atomic mass is 35.5. The maximum Gasteiger partial charge on any atom is 0.251 e. The van der Waals surface area contributed by atoms with Crippen molar-refractivity contribution in [2.75, 3.05) is 5.73 Å². The monoisotopic (exact) mass is 297 g/mol. The first-order chi connectivity index (χ1) is 9.08. The SMILES string of the molecule is Cl.NC(=O)C1CCCCC1NC(=O)c1cccc(N)c1. The fraction of sp³-hybridized carbons (Fsp3) is 0.429. The molecule has 2 rings (SSSR count). The third-order valence-corrected chi connectivity index (χ3v) is 3.60. The minimum Gasteiger partial charge on any atom is -0.399 e. The molecule has 1 aromatic carbocycles. The second-order valence-electron chi connectivity index (χ2n) is 5.00. The third-order valence-electron chi connectivity index (χ3n) is 3.60. The minimum absolute atomic E-state index is 0. The summed E-state index contributed by atoms with van der Waals surface area (Å²) in [5, 5.41) is 2.90. The van der Waals surface area contributed by atoms with E-state index in [2.05, 4.69) is 5.32 Å². The Morgan fingerprint density at radius 2 is 1.90 bits per heavy atom. The zero-order chi connectivity index (χ0) is 13.8. The lowest BCUT2D eigenvalue weighted by atomic mass is 9.84. The molecular formula is C14H20ClN3O2. The molecule has 0 spiro atoms. The summed E-state index contributed by atoms with van der Waals surface area (Å²) < 4.78 is 0. The number of primary amides is 1. The van der Waals surface area contributed by atoms with Gasteiger partial charge in [0.25, 0.3) is 5.91 Å². The van der Waals surface area contributed by atoms with Gasteiger partial charge in [-0.3, -0.25) is 9.59 Å². The van der Waals surface area contributed by atoms with Crippen LogP contribution >= 0.6 is 12.4 Å². The van der Waals surface area contributed by atoms with Gasteiger partial charge in [0, 0.05) is 17.3 Å². The van der Waals surface area contributed by atoms with E-state index in [1.54, 1.807) is 24.3 Å². The van der Waals surface area contributed by atoms with Crippen LogP contribution in [0.3, 0.4) is 0 Å². The number of hydrogen-bond acceptors (Lipinski definition) is 3. The Morgan fingerprint density at radius 1 is 1.20 bits per heavy atom. The van der Waals surface area contributed by atoms with Crippen molar-refractivity contribution in [3.63, 3.8) is 0 Å². The van der Waals surface area contributed by atoms with Crippen LogP contribution in [-0.4, -0.2) is 17.9 Å². The summed E-state index contributed by atoms with van der Waals surface area (Å²) in [7, 11) is 0. The molecule has 20 heavy (non-hydrogen) atoms. The van der Waals surface area contributed by atoms with Crippen LogP contribution in [0, 0.1) is 5.92 Å². The number of anilines is 1. The first-order valence-electron chi connectivity index (χ1n) is 6.53. The number of nitrogen functional groups attached to an aromatic ring is 1. The van der Waals surface area contributed by atoms with Gasteiger partial charge in [-0.2, -0.15) is 0 Å². The van der Waals surface area contributed by atoms with Crippen LogP contribution in [0.4, 0.5) is 5.69 Å². The molecule has 5 nitrogen and oxygen atoms in total. The lowest BCUT2D eigenvalue weighted by Crippen LogP contribution is -2.47. The quantitative estimate of drug-likeness (QED) is 0.737. The van der Waals surface area contributed by atoms with Crippen molar-refractivity contribution in [2.24, 2.45) is 11.7 Å². The first-order valence-corrected chi connectivity index (χ1v) is 6.53. The molecule has 110 valence electrons. The van der Waals surface area contributed by atoms with Gasteiger partial charge in [0.05, 0.1) is 5.92 Å². The van der Waals surface area contributed by atoms with E-state index in [1.165, 1.54) is 0 Å². The van der Waals surface area contributed by atoms with E-state index >= 15 is 0 Å². The Hall–Kier alpha value is -1.75. The van der Waals surface area contributed by atoms with Crippen molar-refractivity contribution in [3.05, 3.63) is 29.8 Å². The molecule has 6 heteroatoms. The Kier molecular flexibility index (Phi) is 5.82. The molecule has 2 unspecified atom stereocenters. The highest BCUT2D eigenvalue weighted by Crippen LogP contribution is 2.24. The van der Waals surface area contributed by atoms with Crippen LogP contribution in [0.5, 0.6) is 0 Å². The van der Waals surface area contributed by atoms with Gasteiger partial charge in [0.15, 0.2) is 0 Å². The van der Waals surface area contributed by atoms with E-state index in [9.17, 15) is 9.59 Å². The molecule has 0 bridgehead atoms. The van der Waals surface area contributed by atoms with Crippen molar-refractivity contribution in [1.82, 2.24) is 5.32 Å². The molecule has 1 aliphatic carbocycles. The molecule has 1 fully saturated rings. The summed E-state index contributed by atoms with van der Waals surface area (Å²) in [6.45, 7) is 0. The molecule has 2 atom stereocenters. The lowest BCUT2D eigenvalue weighted by Gasteiger charge is -2.30. The van der Waals surface area contributed by atoms with Gasteiger partial charge >= 0.3 is 0 Å². The maximum absolute atomic E-state index is 12.1. The predicted molar refractivity (Wildman–Crippen MR) is 80.5 cm³/mol. The molecule has 1 aliphatic rings. The Labute approximate surface area is 124 Å².